The predicted octanol–water partition coefficient (Wildman–Crippen LogP) is 4.05. The van der Waals surface area contributed by atoms with Gasteiger partial charge in [0, 0.05) is 11.1 Å². The van der Waals surface area contributed by atoms with E-state index in [0.717, 1.165) is 12.5 Å². The summed E-state index contributed by atoms with van der Waals surface area (Å²) in [7, 11) is 0. The Morgan fingerprint density at radius 2 is 1.81 bits per heavy atom. The van der Waals surface area contributed by atoms with Gasteiger partial charge in [0.25, 0.3) is 0 Å². The lowest BCUT2D eigenvalue weighted by Crippen LogP contribution is -1.99. The smallest absolute Gasteiger partial charge is 0.167 e. The number of hydrogen-bond donors (Lipinski definition) is 1. The first-order valence-electron chi connectivity index (χ1n) is 6.59. The van der Waals surface area contributed by atoms with Gasteiger partial charge in [0.2, 0.25) is 0 Å². The highest BCUT2D eigenvalue weighted by Gasteiger charge is 2.15. The minimum absolute atomic E-state index is 0.0642. The third kappa shape index (κ3) is 3.19. The number of hydrogen-bond acceptors (Lipinski definition) is 2. The Labute approximate surface area is 120 Å². The van der Waals surface area contributed by atoms with Crippen LogP contribution in [0.25, 0.3) is 11.1 Å². The lowest BCUT2D eigenvalue weighted by Gasteiger charge is -2.10. The van der Waals surface area contributed by atoms with E-state index in [0.29, 0.717) is 6.61 Å². The molecule has 0 aliphatic carbocycles. The van der Waals surface area contributed by atoms with Gasteiger partial charge >= 0.3 is 0 Å². The zero-order valence-electron chi connectivity index (χ0n) is 11.5. The Morgan fingerprint density at radius 1 is 1.05 bits per heavy atom. The second-order valence-electron chi connectivity index (χ2n) is 4.55. The molecule has 0 fully saturated rings. The van der Waals surface area contributed by atoms with Crippen LogP contribution < -0.4 is 4.74 Å². The molecule has 112 valence electrons. The molecule has 0 bridgehead atoms. The van der Waals surface area contributed by atoms with Gasteiger partial charge in [-0.1, -0.05) is 25.1 Å². The zero-order chi connectivity index (χ0) is 15.4. The van der Waals surface area contributed by atoms with Crippen LogP contribution in [-0.4, -0.2) is 11.7 Å². The van der Waals surface area contributed by atoms with Gasteiger partial charge < -0.3 is 9.84 Å². The third-order valence-electron chi connectivity index (χ3n) is 3.04. The molecule has 21 heavy (non-hydrogen) atoms. The normalized spacial score (nSPS) is 10.7. The fourth-order valence-electron chi connectivity index (χ4n) is 1.93. The van der Waals surface area contributed by atoms with Crippen molar-refractivity contribution in [3.05, 3.63) is 53.3 Å². The number of rotatable bonds is 5. The Bertz CT molecular complexity index is 642. The van der Waals surface area contributed by atoms with Crippen molar-refractivity contribution in [2.24, 2.45) is 0 Å². The molecule has 0 aliphatic rings. The standard InChI is InChI=1S/C16H15F3O2/c1-2-7-21-14-6-4-10(8-13(14)17)12-5-3-11(9-20)15(18)16(12)19/h3-6,8,20H,2,7,9H2,1H3. The van der Waals surface area contributed by atoms with Gasteiger partial charge in [-0.05, 0) is 24.1 Å². The summed E-state index contributed by atoms with van der Waals surface area (Å²) in [6.45, 7) is 1.68. The van der Waals surface area contributed by atoms with Gasteiger partial charge in [0.05, 0.1) is 13.2 Å². The van der Waals surface area contributed by atoms with Crippen molar-refractivity contribution in [3.8, 4) is 16.9 Å². The van der Waals surface area contributed by atoms with E-state index in [4.69, 9.17) is 9.84 Å². The number of halogens is 3. The summed E-state index contributed by atoms with van der Waals surface area (Å²) in [6, 6.07) is 6.53. The minimum atomic E-state index is -1.12. The van der Waals surface area contributed by atoms with E-state index >= 15 is 0 Å². The number of ether oxygens (including phenoxy) is 1. The molecule has 0 spiro atoms. The summed E-state index contributed by atoms with van der Waals surface area (Å²) in [6.07, 6.45) is 0.740. The molecule has 0 aromatic heterocycles. The van der Waals surface area contributed by atoms with E-state index in [1.165, 1.54) is 24.3 Å². The maximum atomic E-state index is 13.9. The maximum absolute atomic E-state index is 13.9. The van der Waals surface area contributed by atoms with Crippen LogP contribution in [0.5, 0.6) is 5.75 Å². The predicted molar refractivity (Wildman–Crippen MR) is 73.5 cm³/mol. The summed E-state index contributed by atoms with van der Waals surface area (Å²) < 4.78 is 46.6. The van der Waals surface area contributed by atoms with Gasteiger partial charge in [-0.3, -0.25) is 0 Å². The Morgan fingerprint density at radius 3 is 2.43 bits per heavy atom. The summed E-state index contributed by atoms with van der Waals surface area (Å²) >= 11 is 0. The van der Waals surface area contributed by atoms with Crippen LogP contribution >= 0.6 is 0 Å². The van der Waals surface area contributed by atoms with Gasteiger partial charge in [0.1, 0.15) is 0 Å². The highest BCUT2D eigenvalue weighted by Crippen LogP contribution is 2.29. The molecule has 2 rings (SSSR count). The molecule has 0 unspecified atom stereocenters. The molecule has 2 nitrogen and oxygen atoms in total. The van der Waals surface area contributed by atoms with Crippen LogP contribution in [0.15, 0.2) is 30.3 Å². The highest BCUT2D eigenvalue weighted by atomic mass is 19.2. The van der Waals surface area contributed by atoms with E-state index in [2.05, 4.69) is 0 Å². The van der Waals surface area contributed by atoms with Gasteiger partial charge in [-0.2, -0.15) is 0 Å². The summed E-state index contributed by atoms with van der Waals surface area (Å²) in [5.41, 5.74) is 0.00232. The molecule has 0 atom stereocenters. The van der Waals surface area contributed by atoms with Crippen molar-refractivity contribution in [2.45, 2.75) is 20.0 Å². The molecule has 0 saturated heterocycles. The Balaban J connectivity index is 2.39. The van der Waals surface area contributed by atoms with Crippen LogP contribution in [0, 0.1) is 17.5 Å². The molecule has 5 heteroatoms. The second-order valence-corrected chi connectivity index (χ2v) is 4.55. The van der Waals surface area contributed by atoms with Crippen LogP contribution in [0.3, 0.4) is 0 Å². The minimum Gasteiger partial charge on any atom is -0.491 e. The molecule has 2 aromatic rings. The van der Waals surface area contributed by atoms with E-state index in [1.54, 1.807) is 0 Å². The lowest BCUT2D eigenvalue weighted by molar-refractivity contribution is 0.273. The number of aliphatic hydroxyl groups excluding tert-OH is 1. The number of aliphatic hydroxyl groups is 1. The zero-order valence-corrected chi connectivity index (χ0v) is 11.5. The number of benzene rings is 2. The second kappa shape index (κ2) is 6.63. The molecule has 2 aromatic carbocycles. The van der Waals surface area contributed by atoms with Gasteiger partial charge in [-0.25, -0.2) is 13.2 Å². The van der Waals surface area contributed by atoms with Crippen molar-refractivity contribution >= 4 is 0 Å². The molecule has 0 saturated carbocycles. The van der Waals surface area contributed by atoms with Crippen LogP contribution in [0.1, 0.15) is 18.9 Å². The first kappa shape index (κ1) is 15.4. The average molecular weight is 296 g/mol. The molecular weight excluding hydrogens is 281 g/mol. The van der Waals surface area contributed by atoms with Crippen LogP contribution in [0.2, 0.25) is 0 Å². The maximum Gasteiger partial charge on any atom is 0.167 e. The van der Waals surface area contributed by atoms with E-state index in [-0.39, 0.29) is 22.4 Å². The van der Waals surface area contributed by atoms with Crippen molar-refractivity contribution in [1.29, 1.82) is 0 Å². The average Bonchev–Trinajstić information content (AvgIpc) is 2.49. The van der Waals surface area contributed by atoms with Gasteiger partial charge in [0.15, 0.2) is 23.2 Å². The molecular formula is C16H15F3O2. The fraction of sp³-hybridized carbons (Fsp3) is 0.250. The topological polar surface area (TPSA) is 29.5 Å². The summed E-state index contributed by atoms with van der Waals surface area (Å²) in [5, 5.41) is 8.88. The highest BCUT2D eigenvalue weighted by molar-refractivity contribution is 5.65. The van der Waals surface area contributed by atoms with Crippen molar-refractivity contribution < 1.29 is 23.0 Å². The Hall–Kier alpha value is -2.01. The van der Waals surface area contributed by atoms with E-state index < -0.39 is 24.1 Å². The molecule has 0 radical (unpaired) electrons. The molecule has 0 amide bonds. The molecule has 0 aliphatic heterocycles. The van der Waals surface area contributed by atoms with Crippen molar-refractivity contribution in [1.82, 2.24) is 0 Å². The summed E-state index contributed by atoms with van der Waals surface area (Å²) in [5.74, 6) is -2.79. The largest absolute Gasteiger partial charge is 0.491 e. The van der Waals surface area contributed by atoms with E-state index in [1.807, 2.05) is 6.92 Å². The SMILES string of the molecule is CCCOc1ccc(-c2ccc(CO)c(F)c2F)cc1F. The Kier molecular flexibility index (Phi) is 4.85. The molecule has 0 heterocycles. The first-order valence-corrected chi connectivity index (χ1v) is 6.59. The van der Waals surface area contributed by atoms with Crippen LogP contribution in [-0.2, 0) is 6.61 Å². The molecule has 1 N–H and O–H groups in total. The van der Waals surface area contributed by atoms with E-state index in [9.17, 15) is 13.2 Å². The fourth-order valence-corrected chi connectivity index (χ4v) is 1.93. The van der Waals surface area contributed by atoms with Gasteiger partial charge in [-0.15, -0.1) is 0 Å². The van der Waals surface area contributed by atoms with Crippen molar-refractivity contribution in [2.75, 3.05) is 6.61 Å². The summed E-state index contributed by atoms with van der Waals surface area (Å²) in [4.78, 5) is 0. The monoisotopic (exact) mass is 296 g/mol. The lowest BCUT2D eigenvalue weighted by atomic mass is 10.0. The van der Waals surface area contributed by atoms with Crippen LogP contribution in [0.4, 0.5) is 13.2 Å². The quantitative estimate of drug-likeness (QED) is 0.902. The first-order chi connectivity index (χ1) is 10.1. The third-order valence-corrected chi connectivity index (χ3v) is 3.04. The van der Waals surface area contributed by atoms with Crippen molar-refractivity contribution in [3.63, 3.8) is 0 Å².